The van der Waals surface area contributed by atoms with Gasteiger partial charge in [0.15, 0.2) is 0 Å². The first-order valence-electron chi connectivity index (χ1n) is 19.8. The standard InChI is InChI=1S/C39H44BrClN12O6S2/c1-22-15-27(60(56,57)42-3)9-10-32(22)47-39-44-20-30-29(33(40)37(55)53(35(30)49-39)26-7-5-6-8-26)16-23(2)52-34-24(17-31(41)36(52)54)18-43-38(48-34)46-25-11-13-51(14-12-25)61(58,59)28-19-45-50(4)21-28/h9-10,15,17-21,23,25-26,42H,5-8,11-14,16H2,1-4H3,(H,43,46,48)(H,44,47,49). The molecule has 2 fully saturated rings. The molecule has 5 aromatic heterocycles. The highest BCUT2D eigenvalue weighted by Gasteiger charge is 2.31. The van der Waals surface area contributed by atoms with Gasteiger partial charge in [-0.25, -0.2) is 31.5 Å². The molecule has 2 aliphatic rings. The highest BCUT2D eigenvalue weighted by molar-refractivity contribution is 9.10. The molecule has 1 aromatic carbocycles. The molecule has 18 nitrogen and oxygen atoms in total. The third-order valence-corrected chi connectivity index (χ3v) is 15.8. The van der Waals surface area contributed by atoms with E-state index in [1.54, 1.807) is 43.1 Å². The van der Waals surface area contributed by atoms with Gasteiger partial charge in [0.1, 0.15) is 21.2 Å². The second-order valence-corrected chi connectivity index (χ2v) is 20.5. The highest BCUT2D eigenvalue weighted by atomic mass is 79.9. The number of hydrogen-bond donors (Lipinski definition) is 3. The average molecular weight is 956 g/mol. The van der Waals surface area contributed by atoms with Crippen molar-refractivity contribution in [3.63, 3.8) is 0 Å². The molecule has 1 atom stereocenters. The van der Waals surface area contributed by atoms with Crippen LogP contribution in [0.25, 0.3) is 22.1 Å². The molecule has 1 saturated carbocycles. The lowest BCUT2D eigenvalue weighted by Crippen LogP contribution is -2.42. The zero-order chi connectivity index (χ0) is 43.4. The maximum atomic E-state index is 14.3. The van der Waals surface area contributed by atoms with Crippen molar-refractivity contribution in [1.29, 1.82) is 0 Å². The van der Waals surface area contributed by atoms with Crippen LogP contribution in [0.2, 0.25) is 5.02 Å². The number of pyridine rings is 2. The van der Waals surface area contributed by atoms with E-state index in [0.717, 1.165) is 25.7 Å². The molecule has 322 valence electrons. The normalized spacial score (nSPS) is 16.4. The van der Waals surface area contributed by atoms with Gasteiger partial charge in [-0.1, -0.05) is 24.4 Å². The lowest BCUT2D eigenvalue weighted by Gasteiger charge is -2.31. The van der Waals surface area contributed by atoms with Crippen molar-refractivity contribution in [3.8, 4) is 0 Å². The number of fused-ring (bicyclic) bond motifs is 2. The fraction of sp³-hybridized carbons (Fsp3) is 0.410. The summed E-state index contributed by atoms with van der Waals surface area (Å²) in [6, 6.07) is 5.42. The minimum atomic E-state index is -3.68. The SMILES string of the molecule is CNS(=O)(=O)c1ccc(Nc2ncc3c(CC(C)n4c(=O)c(Cl)cc5cnc(NC6CCN(S(=O)(=O)c7cnn(C)c7)CC6)nc54)c(Br)c(=O)n(C4CCCC4)c3n2)c(C)c1. The van der Waals surface area contributed by atoms with Crippen molar-refractivity contribution < 1.29 is 16.8 Å². The van der Waals surface area contributed by atoms with Gasteiger partial charge in [-0.3, -0.25) is 23.4 Å². The van der Waals surface area contributed by atoms with E-state index in [4.69, 9.17) is 21.6 Å². The number of hydrogen-bond acceptors (Lipinski definition) is 13. The van der Waals surface area contributed by atoms with Crippen molar-refractivity contribution in [1.82, 2.24) is 47.9 Å². The Bertz CT molecular complexity index is 3040. The Kier molecular flexibility index (Phi) is 11.8. The smallest absolute Gasteiger partial charge is 0.271 e. The molecule has 61 heavy (non-hydrogen) atoms. The van der Waals surface area contributed by atoms with Crippen LogP contribution in [0.4, 0.5) is 17.6 Å². The molecule has 8 rings (SSSR count). The van der Waals surface area contributed by atoms with Gasteiger partial charge < -0.3 is 10.6 Å². The monoisotopic (exact) mass is 954 g/mol. The fourth-order valence-electron chi connectivity index (χ4n) is 8.22. The molecular formula is C39H44BrClN12O6S2. The molecule has 1 unspecified atom stereocenters. The Morgan fingerprint density at radius 3 is 2.30 bits per heavy atom. The van der Waals surface area contributed by atoms with Crippen molar-refractivity contribution in [3.05, 3.63) is 90.4 Å². The summed E-state index contributed by atoms with van der Waals surface area (Å²) in [7, 11) is -4.31. The Morgan fingerprint density at radius 1 is 0.918 bits per heavy atom. The van der Waals surface area contributed by atoms with E-state index in [2.05, 4.69) is 46.4 Å². The van der Waals surface area contributed by atoms with E-state index < -0.39 is 31.6 Å². The number of halogens is 2. The van der Waals surface area contributed by atoms with Crippen molar-refractivity contribution in [2.24, 2.45) is 7.05 Å². The second kappa shape index (κ2) is 16.8. The van der Waals surface area contributed by atoms with E-state index in [1.165, 1.54) is 45.1 Å². The fourth-order valence-corrected chi connectivity index (χ4v) is 11.3. The van der Waals surface area contributed by atoms with Crippen LogP contribution < -0.4 is 26.5 Å². The van der Waals surface area contributed by atoms with Crippen LogP contribution in [-0.4, -0.2) is 86.2 Å². The summed E-state index contributed by atoms with van der Waals surface area (Å²) in [6.45, 7) is 4.21. The van der Waals surface area contributed by atoms with Gasteiger partial charge in [0.25, 0.3) is 11.1 Å². The first kappa shape index (κ1) is 42.9. The zero-order valence-electron chi connectivity index (χ0n) is 33.8. The van der Waals surface area contributed by atoms with Crippen molar-refractivity contribution in [2.45, 2.75) is 86.7 Å². The summed E-state index contributed by atoms with van der Waals surface area (Å²) in [5, 5.41) is 11.7. The average Bonchev–Trinajstić information content (AvgIpc) is 3.94. The van der Waals surface area contributed by atoms with E-state index in [-0.39, 0.29) is 50.8 Å². The summed E-state index contributed by atoms with van der Waals surface area (Å²) in [5.74, 6) is 0.498. The molecule has 0 amide bonds. The Balaban J connectivity index is 1.10. The number of anilines is 3. The lowest BCUT2D eigenvalue weighted by molar-refractivity contribution is 0.329. The van der Waals surface area contributed by atoms with Gasteiger partial charge in [0.05, 0.1) is 15.6 Å². The summed E-state index contributed by atoms with van der Waals surface area (Å²) >= 11 is 10.2. The van der Waals surface area contributed by atoms with Gasteiger partial charge in [-0.05, 0) is 104 Å². The lowest BCUT2D eigenvalue weighted by atomic mass is 10.0. The zero-order valence-corrected chi connectivity index (χ0v) is 37.7. The minimum Gasteiger partial charge on any atom is -0.351 e. The van der Waals surface area contributed by atoms with Gasteiger partial charge in [-0.2, -0.15) is 19.4 Å². The molecule has 6 heterocycles. The topological polar surface area (TPSA) is 221 Å². The highest BCUT2D eigenvalue weighted by Crippen LogP contribution is 2.35. The quantitative estimate of drug-likeness (QED) is 0.144. The largest absolute Gasteiger partial charge is 0.351 e. The second-order valence-electron chi connectivity index (χ2n) is 15.5. The summed E-state index contributed by atoms with van der Waals surface area (Å²) in [5.41, 5.74) is 1.90. The van der Waals surface area contributed by atoms with Crippen molar-refractivity contribution >= 4 is 87.2 Å². The van der Waals surface area contributed by atoms with Crippen LogP contribution in [0.5, 0.6) is 0 Å². The van der Waals surface area contributed by atoms with Gasteiger partial charge in [-0.15, -0.1) is 0 Å². The molecule has 22 heteroatoms. The molecule has 6 aromatic rings. The predicted octanol–water partition coefficient (Wildman–Crippen LogP) is 5.19. The van der Waals surface area contributed by atoms with Crippen LogP contribution in [0, 0.1) is 6.92 Å². The number of aromatic nitrogens is 8. The van der Waals surface area contributed by atoms with Crippen LogP contribution >= 0.6 is 27.5 Å². The van der Waals surface area contributed by atoms with E-state index >= 15 is 0 Å². The van der Waals surface area contributed by atoms with Gasteiger partial charge >= 0.3 is 0 Å². The number of rotatable bonds is 12. The number of nitrogens with zero attached hydrogens (tertiary/aromatic N) is 9. The van der Waals surface area contributed by atoms with Crippen LogP contribution in [-0.2, 0) is 33.5 Å². The molecule has 1 aliphatic heterocycles. The van der Waals surface area contributed by atoms with Crippen LogP contribution in [0.1, 0.15) is 68.7 Å². The minimum absolute atomic E-state index is 0.0163. The number of nitrogens with one attached hydrogen (secondary N) is 3. The van der Waals surface area contributed by atoms with Crippen LogP contribution in [0.15, 0.2) is 72.9 Å². The first-order chi connectivity index (χ1) is 29.0. The van der Waals surface area contributed by atoms with Crippen molar-refractivity contribution in [2.75, 3.05) is 30.8 Å². The molecule has 0 radical (unpaired) electrons. The maximum Gasteiger partial charge on any atom is 0.271 e. The molecule has 1 aliphatic carbocycles. The molecule has 3 N–H and O–H groups in total. The molecule has 1 saturated heterocycles. The molecule has 0 bridgehead atoms. The van der Waals surface area contributed by atoms with E-state index in [9.17, 15) is 26.4 Å². The summed E-state index contributed by atoms with van der Waals surface area (Å²) < 4.78 is 59.9. The van der Waals surface area contributed by atoms with E-state index in [1.807, 2.05) is 6.92 Å². The number of aryl methyl sites for hydroxylation is 2. The predicted molar refractivity (Wildman–Crippen MR) is 236 cm³/mol. The Morgan fingerprint density at radius 2 is 1.62 bits per heavy atom. The number of benzene rings is 1. The Labute approximate surface area is 365 Å². The number of piperidine rings is 1. The first-order valence-corrected chi connectivity index (χ1v) is 23.9. The maximum absolute atomic E-state index is 14.3. The third kappa shape index (κ3) is 8.30. The van der Waals surface area contributed by atoms with Gasteiger partial charge in [0.2, 0.25) is 31.9 Å². The molecule has 0 spiro atoms. The summed E-state index contributed by atoms with van der Waals surface area (Å²) in [6.07, 6.45) is 10.9. The number of sulfonamides is 2. The van der Waals surface area contributed by atoms with Crippen LogP contribution in [0.3, 0.4) is 0 Å². The molecular weight excluding hydrogens is 912 g/mol. The Hall–Kier alpha value is -4.80. The van der Waals surface area contributed by atoms with E-state index in [0.29, 0.717) is 69.3 Å². The summed E-state index contributed by atoms with van der Waals surface area (Å²) in [4.78, 5) is 47.3. The third-order valence-electron chi connectivity index (χ3n) is 11.5. The van der Waals surface area contributed by atoms with Gasteiger partial charge in [0, 0.05) is 73.3 Å².